The van der Waals surface area contributed by atoms with Crippen LogP contribution >= 0.6 is 0 Å². The molecule has 20 heavy (non-hydrogen) atoms. The zero-order valence-corrected chi connectivity index (χ0v) is 13.3. The predicted octanol–water partition coefficient (Wildman–Crippen LogP) is 0.661. The van der Waals surface area contributed by atoms with E-state index in [1.54, 1.807) is 11.2 Å². The number of nitrogens with zero attached hydrogens (tertiary/aromatic N) is 1. The van der Waals surface area contributed by atoms with E-state index >= 15 is 0 Å². The molecule has 114 valence electrons. The molecule has 1 N–H and O–H groups in total. The van der Waals surface area contributed by atoms with Crippen LogP contribution in [0.15, 0.2) is 0 Å². The number of carbonyl (C=O) groups is 2. The summed E-state index contributed by atoms with van der Waals surface area (Å²) in [7, 11) is -0.857. The van der Waals surface area contributed by atoms with Gasteiger partial charge in [0.05, 0.1) is 0 Å². The van der Waals surface area contributed by atoms with Crippen LogP contribution in [0.1, 0.15) is 39.5 Å². The Morgan fingerprint density at radius 1 is 1.40 bits per heavy atom. The van der Waals surface area contributed by atoms with Gasteiger partial charge < -0.3 is 10.2 Å². The van der Waals surface area contributed by atoms with Gasteiger partial charge in [-0.2, -0.15) is 0 Å². The zero-order chi connectivity index (χ0) is 14.9. The first-order chi connectivity index (χ1) is 9.40. The molecule has 3 unspecified atom stereocenters. The number of piperazine rings is 1. The van der Waals surface area contributed by atoms with Crippen molar-refractivity contribution in [3.8, 4) is 0 Å². The van der Waals surface area contributed by atoms with E-state index in [1.807, 2.05) is 13.8 Å². The number of amides is 2. The molecule has 2 rings (SSSR count). The van der Waals surface area contributed by atoms with Crippen molar-refractivity contribution in [3.05, 3.63) is 0 Å². The fraction of sp³-hybridized carbons (Fsp3) is 0.857. The minimum absolute atomic E-state index is 0.0355. The Kier molecular flexibility index (Phi) is 4.52. The zero-order valence-electron chi connectivity index (χ0n) is 12.5. The first-order valence-corrected chi connectivity index (χ1v) is 9.06. The Hall–Kier alpha value is -0.910. The fourth-order valence-corrected chi connectivity index (χ4v) is 3.55. The third-order valence-corrected chi connectivity index (χ3v) is 5.24. The molecule has 0 bridgehead atoms. The molecule has 0 aromatic heterocycles. The lowest BCUT2D eigenvalue weighted by Gasteiger charge is -2.44. The summed E-state index contributed by atoms with van der Waals surface area (Å²) in [5.74, 6) is 0.842. The lowest BCUT2D eigenvalue weighted by molar-refractivity contribution is -0.155. The van der Waals surface area contributed by atoms with Crippen LogP contribution in [0.25, 0.3) is 0 Å². The maximum Gasteiger partial charge on any atom is 0.249 e. The van der Waals surface area contributed by atoms with Crippen molar-refractivity contribution in [2.24, 2.45) is 5.92 Å². The van der Waals surface area contributed by atoms with Crippen molar-refractivity contribution >= 4 is 22.6 Å². The van der Waals surface area contributed by atoms with Gasteiger partial charge in [0, 0.05) is 29.4 Å². The highest BCUT2D eigenvalue weighted by Crippen LogP contribution is 2.42. The molecule has 6 heteroatoms. The Balaban J connectivity index is 2.12. The number of hydrogen-bond acceptors (Lipinski definition) is 3. The Morgan fingerprint density at radius 2 is 2.05 bits per heavy atom. The summed E-state index contributed by atoms with van der Waals surface area (Å²) in [4.78, 5) is 26.7. The minimum atomic E-state index is -0.857. The minimum Gasteiger partial charge on any atom is -0.340 e. The predicted molar refractivity (Wildman–Crippen MR) is 78.6 cm³/mol. The van der Waals surface area contributed by atoms with Crippen molar-refractivity contribution in [2.45, 2.75) is 51.1 Å². The molecular weight excluding hydrogens is 276 g/mol. The Labute approximate surface area is 122 Å². The van der Waals surface area contributed by atoms with Crippen molar-refractivity contribution in [3.63, 3.8) is 0 Å². The van der Waals surface area contributed by atoms with Crippen LogP contribution in [-0.2, 0) is 20.4 Å². The topological polar surface area (TPSA) is 66.5 Å². The van der Waals surface area contributed by atoms with Crippen molar-refractivity contribution < 1.29 is 13.8 Å². The molecule has 5 nitrogen and oxygen atoms in total. The first-order valence-electron chi connectivity index (χ1n) is 7.33. The van der Waals surface area contributed by atoms with Crippen LogP contribution in [0.2, 0.25) is 0 Å². The van der Waals surface area contributed by atoms with Crippen LogP contribution in [-0.4, -0.2) is 51.1 Å². The highest BCUT2D eigenvalue weighted by molar-refractivity contribution is 7.84. The summed E-state index contributed by atoms with van der Waals surface area (Å²) in [6.45, 7) is 4.29. The third-order valence-electron chi connectivity index (χ3n) is 4.38. The largest absolute Gasteiger partial charge is 0.340 e. The first kappa shape index (κ1) is 15.5. The average Bonchev–Trinajstić information content (AvgIpc) is 3.19. The Morgan fingerprint density at radius 3 is 2.55 bits per heavy atom. The van der Waals surface area contributed by atoms with Crippen molar-refractivity contribution in [1.29, 1.82) is 0 Å². The summed E-state index contributed by atoms with van der Waals surface area (Å²) >= 11 is 0. The van der Waals surface area contributed by atoms with Gasteiger partial charge in [0.15, 0.2) is 0 Å². The lowest BCUT2D eigenvalue weighted by atomic mass is 9.89. The van der Waals surface area contributed by atoms with Gasteiger partial charge >= 0.3 is 0 Å². The quantitative estimate of drug-likeness (QED) is 0.783. The van der Waals surface area contributed by atoms with Crippen LogP contribution in [0.5, 0.6) is 0 Å². The van der Waals surface area contributed by atoms with Gasteiger partial charge in [-0.15, -0.1) is 0 Å². The summed E-state index contributed by atoms with van der Waals surface area (Å²) < 4.78 is 11.2. The molecule has 1 aliphatic heterocycles. The molecule has 0 aromatic carbocycles. The number of hydrogen-bond donors (Lipinski definition) is 1. The highest BCUT2D eigenvalue weighted by Gasteiger charge is 2.54. The number of rotatable bonds is 6. The molecule has 1 heterocycles. The highest BCUT2D eigenvalue weighted by atomic mass is 32.2. The third kappa shape index (κ3) is 2.90. The van der Waals surface area contributed by atoms with Crippen LogP contribution in [0, 0.1) is 5.92 Å². The molecular formula is C14H24N2O3S. The van der Waals surface area contributed by atoms with Gasteiger partial charge in [-0.05, 0) is 38.5 Å². The normalized spacial score (nSPS) is 32.1. The molecule has 1 aliphatic carbocycles. The van der Waals surface area contributed by atoms with E-state index in [-0.39, 0.29) is 23.8 Å². The molecule has 1 saturated carbocycles. The second-order valence-corrected chi connectivity index (χ2v) is 7.57. The lowest BCUT2D eigenvalue weighted by Crippen LogP contribution is -2.70. The molecule has 2 aliphatic rings. The van der Waals surface area contributed by atoms with E-state index in [0.29, 0.717) is 25.1 Å². The summed E-state index contributed by atoms with van der Waals surface area (Å²) in [5.41, 5.74) is -0.728. The van der Waals surface area contributed by atoms with Crippen LogP contribution in [0.4, 0.5) is 0 Å². The second-order valence-electron chi connectivity index (χ2n) is 6.02. The van der Waals surface area contributed by atoms with Crippen LogP contribution in [0.3, 0.4) is 0 Å². The van der Waals surface area contributed by atoms with Crippen LogP contribution < -0.4 is 5.32 Å². The van der Waals surface area contributed by atoms with E-state index in [4.69, 9.17) is 0 Å². The summed E-state index contributed by atoms with van der Waals surface area (Å²) in [5, 5.41) is 2.94. The number of carbonyl (C=O) groups excluding carboxylic acids is 2. The van der Waals surface area contributed by atoms with E-state index in [0.717, 1.165) is 12.8 Å². The molecule has 0 spiro atoms. The molecule has 0 aromatic rings. The van der Waals surface area contributed by atoms with E-state index in [1.165, 1.54) is 0 Å². The van der Waals surface area contributed by atoms with Gasteiger partial charge in [0.1, 0.15) is 11.6 Å². The van der Waals surface area contributed by atoms with E-state index < -0.39 is 16.3 Å². The van der Waals surface area contributed by atoms with E-state index in [2.05, 4.69) is 5.32 Å². The second kappa shape index (κ2) is 5.84. The van der Waals surface area contributed by atoms with Gasteiger partial charge in [-0.25, -0.2) is 0 Å². The maximum absolute atomic E-state index is 12.8. The molecule has 2 fully saturated rings. The molecule has 2 amide bonds. The van der Waals surface area contributed by atoms with Gasteiger partial charge in [-0.1, -0.05) is 6.92 Å². The standard InChI is InChI=1S/C14H24N2O3S/c1-4-11-12(17)15-14(2,10-6-7-10)13(18)16(11)8-5-9-20(3)19/h10-11H,4-9H2,1-3H3,(H,15,17). The molecule has 1 saturated heterocycles. The maximum atomic E-state index is 12.8. The molecule has 3 atom stereocenters. The van der Waals surface area contributed by atoms with Gasteiger partial charge in [0.2, 0.25) is 11.8 Å². The average molecular weight is 300 g/mol. The summed E-state index contributed by atoms with van der Waals surface area (Å²) in [6, 6.07) is -0.375. The SMILES string of the molecule is CCC1C(=O)NC(C)(C2CC2)C(=O)N1CCCS(C)=O. The fourth-order valence-electron chi connectivity index (χ4n) is 3.01. The van der Waals surface area contributed by atoms with Crippen molar-refractivity contribution in [2.75, 3.05) is 18.6 Å². The van der Waals surface area contributed by atoms with Crippen molar-refractivity contribution in [1.82, 2.24) is 10.2 Å². The summed E-state index contributed by atoms with van der Waals surface area (Å²) in [6.07, 6.45) is 4.97. The Bertz CT molecular complexity index is 436. The van der Waals surface area contributed by atoms with Gasteiger partial charge in [0.25, 0.3) is 0 Å². The van der Waals surface area contributed by atoms with E-state index in [9.17, 15) is 13.8 Å². The van der Waals surface area contributed by atoms with Gasteiger partial charge in [-0.3, -0.25) is 13.8 Å². The molecule has 0 radical (unpaired) electrons. The smallest absolute Gasteiger partial charge is 0.249 e. The number of nitrogens with one attached hydrogen (secondary N) is 1. The monoisotopic (exact) mass is 300 g/mol.